The number of hydrogen-bond donors (Lipinski definition) is 3. The van der Waals surface area contributed by atoms with Crippen LogP contribution in [0.2, 0.25) is 0 Å². The Labute approximate surface area is 223 Å². The second-order valence-corrected chi connectivity index (χ2v) is 7.68. The molecule has 1 aliphatic heterocycles. The second kappa shape index (κ2) is 14.1. The largest absolute Gasteiger partial charge is 0.445 e. The third-order valence-corrected chi connectivity index (χ3v) is 5.65. The zero-order valence-electron chi connectivity index (χ0n) is 22.3. The molecule has 0 saturated heterocycles. The number of nitriles is 1. The van der Waals surface area contributed by atoms with Crippen LogP contribution in [0.25, 0.3) is 5.69 Å². The first-order chi connectivity index (χ1) is 18.4. The molecule has 3 aromatic rings. The number of primary amides is 1. The van der Waals surface area contributed by atoms with Gasteiger partial charge in [-0.3, -0.25) is 19.3 Å². The van der Waals surface area contributed by atoms with Gasteiger partial charge in [-0.05, 0) is 43.3 Å². The van der Waals surface area contributed by atoms with E-state index in [1.54, 1.807) is 30.2 Å². The topological polar surface area (TPSA) is 171 Å². The lowest BCUT2D eigenvalue weighted by atomic mass is 9.79. The van der Waals surface area contributed by atoms with Gasteiger partial charge >= 0.3 is 0 Å². The Bertz CT molecular complexity index is 1360. The average molecular weight is 515 g/mol. The minimum Gasteiger partial charge on any atom is -0.445 e. The van der Waals surface area contributed by atoms with Crippen LogP contribution in [0.15, 0.2) is 89.0 Å². The number of hydrogen-bond acceptors (Lipinski definition) is 8. The first-order valence-corrected chi connectivity index (χ1v) is 12.1. The van der Waals surface area contributed by atoms with Crippen molar-refractivity contribution in [3.8, 4) is 11.8 Å². The van der Waals surface area contributed by atoms with Gasteiger partial charge < -0.3 is 21.9 Å². The average Bonchev–Trinajstić information content (AvgIpc) is 3.45. The molecule has 0 saturated carbocycles. The minimum absolute atomic E-state index is 0.0697. The summed E-state index contributed by atoms with van der Waals surface area (Å²) >= 11 is 0. The fourth-order valence-electron chi connectivity index (χ4n) is 4.10. The van der Waals surface area contributed by atoms with Crippen LogP contribution in [0, 0.1) is 11.3 Å². The van der Waals surface area contributed by atoms with E-state index in [4.69, 9.17) is 16.2 Å². The monoisotopic (exact) mass is 514 g/mol. The van der Waals surface area contributed by atoms with E-state index in [-0.39, 0.29) is 11.7 Å². The van der Waals surface area contributed by atoms with Gasteiger partial charge in [-0.2, -0.15) is 5.26 Å². The molecule has 1 amide bonds. The van der Waals surface area contributed by atoms with Crippen LogP contribution in [0.1, 0.15) is 48.4 Å². The normalized spacial score (nSPS) is 14.9. The highest BCUT2D eigenvalue weighted by Crippen LogP contribution is 2.40. The number of allylic oxidation sites excluding steroid dienone is 3. The van der Waals surface area contributed by atoms with Gasteiger partial charge in [-0.25, -0.2) is 4.98 Å². The molecule has 0 radical (unpaired) electrons. The number of aliphatic imine (C=N–C) groups is 1. The summed E-state index contributed by atoms with van der Waals surface area (Å²) in [5, 5.41) is 9.94. The van der Waals surface area contributed by atoms with Crippen molar-refractivity contribution in [2.45, 2.75) is 33.1 Å². The van der Waals surface area contributed by atoms with Gasteiger partial charge in [0.2, 0.25) is 11.7 Å². The quantitative estimate of drug-likeness (QED) is 0.423. The van der Waals surface area contributed by atoms with E-state index < -0.39 is 11.8 Å². The predicted octanol–water partition coefficient (Wildman–Crippen LogP) is 3.36. The predicted molar refractivity (Wildman–Crippen MR) is 148 cm³/mol. The molecule has 0 spiro atoms. The molecule has 10 nitrogen and oxygen atoms in total. The molecular weight excluding hydrogens is 480 g/mol. The summed E-state index contributed by atoms with van der Waals surface area (Å²) in [6.45, 7) is 5.82. The van der Waals surface area contributed by atoms with Crippen LogP contribution in [-0.4, -0.2) is 40.2 Å². The molecule has 1 aromatic carbocycles. The van der Waals surface area contributed by atoms with Gasteiger partial charge in [-0.15, -0.1) is 0 Å². The molecule has 0 bridgehead atoms. The molecule has 198 valence electrons. The number of rotatable bonds is 6. The molecule has 1 aliphatic rings. The van der Waals surface area contributed by atoms with Gasteiger partial charge in [0.15, 0.2) is 0 Å². The number of carbonyl (C=O) groups is 1. The van der Waals surface area contributed by atoms with Crippen LogP contribution in [0.5, 0.6) is 0 Å². The maximum atomic E-state index is 11.7. The van der Waals surface area contributed by atoms with Crippen LogP contribution in [-0.2, 0) is 11.2 Å². The maximum Gasteiger partial charge on any atom is 0.285 e. The highest BCUT2D eigenvalue weighted by atomic mass is 16.5. The van der Waals surface area contributed by atoms with Crippen molar-refractivity contribution in [3.63, 3.8) is 0 Å². The summed E-state index contributed by atoms with van der Waals surface area (Å²) in [4.78, 5) is 24.4. The summed E-state index contributed by atoms with van der Waals surface area (Å²) in [5.74, 6) is -0.308. The Hall–Kier alpha value is -4.75. The summed E-state index contributed by atoms with van der Waals surface area (Å²) < 4.78 is 7.36. The number of nitrogens with zero attached hydrogens (tertiary/aromatic N) is 5. The van der Waals surface area contributed by atoms with Crippen molar-refractivity contribution >= 4 is 11.6 Å². The summed E-state index contributed by atoms with van der Waals surface area (Å²) in [6.07, 6.45) is 7.19. The number of benzene rings is 1. The van der Waals surface area contributed by atoms with Crippen LogP contribution >= 0.6 is 0 Å². The molecule has 1 unspecified atom stereocenters. The van der Waals surface area contributed by atoms with Crippen molar-refractivity contribution in [1.82, 2.24) is 14.5 Å². The Morgan fingerprint density at radius 2 is 1.87 bits per heavy atom. The first kappa shape index (κ1) is 29.5. The highest BCUT2D eigenvalue weighted by molar-refractivity contribution is 6.04. The number of pyridine rings is 1. The van der Waals surface area contributed by atoms with Crippen LogP contribution < -0.4 is 17.2 Å². The SMILES string of the molecule is CC.CN.CN=C(Cc1cccnc1)C1=C(C)OC(N)=C(C#N)C1c1ccc(-n2ccnc2C(N)=O)cc1. The fraction of sp³-hybridized carbons (Fsp3) is 0.250. The molecule has 6 N–H and O–H groups in total. The van der Waals surface area contributed by atoms with E-state index in [1.807, 2.05) is 57.2 Å². The number of carbonyl (C=O) groups excluding carboxylic acids is 1. The molecule has 3 heterocycles. The molecule has 4 rings (SSSR count). The molecule has 1 atom stereocenters. The number of aromatic nitrogens is 3. The Morgan fingerprint density at radius 3 is 2.42 bits per heavy atom. The minimum atomic E-state index is -0.624. The Kier molecular flexibility index (Phi) is 10.9. The van der Waals surface area contributed by atoms with E-state index in [0.717, 1.165) is 22.4 Å². The third-order valence-electron chi connectivity index (χ3n) is 5.65. The van der Waals surface area contributed by atoms with Gasteiger partial charge in [0.1, 0.15) is 17.4 Å². The van der Waals surface area contributed by atoms with Crippen molar-refractivity contribution in [2.24, 2.45) is 22.2 Å². The third kappa shape index (κ3) is 6.32. The highest BCUT2D eigenvalue weighted by Gasteiger charge is 2.34. The smallest absolute Gasteiger partial charge is 0.285 e. The van der Waals surface area contributed by atoms with Crippen molar-refractivity contribution < 1.29 is 9.53 Å². The van der Waals surface area contributed by atoms with Gasteiger partial charge in [0.05, 0.1) is 5.92 Å². The first-order valence-electron chi connectivity index (χ1n) is 12.1. The van der Waals surface area contributed by atoms with Crippen molar-refractivity contribution in [3.05, 3.63) is 101 Å². The van der Waals surface area contributed by atoms with E-state index in [2.05, 4.69) is 26.8 Å². The zero-order valence-corrected chi connectivity index (χ0v) is 22.3. The number of amides is 1. The van der Waals surface area contributed by atoms with Gasteiger partial charge in [-0.1, -0.05) is 32.0 Å². The van der Waals surface area contributed by atoms with E-state index >= 15 is 0 Å². The molecule has 2 aromatic heterocycles. The second-order valence-electron chi connectivity index (χ2n) is 7.68. The van der Waals surface area contributed by atoms with Crippen molar-refractivity contribution in [1.29, 1.82) is 5.26 Å². The summed E-state index contributed by atoms with van der Waals surface area (Å²) in [7, 11) is 3.21. The molecular formula is C28H34N8O2. The van der Waals surface area contributed by atoms with Crippen LogP contribution in [0.4, 0.5) is 0 Å². The van der Waals surface area contributed by atoms with Crippen LogP contribution in [0.3, 0.4) is 0 Å². The summed E-state index contributed by atoms with van der Waals surface area (Å²) in [5.41, 5.74) is 20.4. The lowest BCUT2D eigenvalue weighted by molar-refractivity contribution is 0.0989. The molecule has 38 heavy (non-hydrogen) atoms. The lowest BCUT2D eigenvalue weighted by Gasteiger charge is -2.29. The standard InChI is InChI=1S/C25H23N7O2.C2H6.CH5N/c1-15-21(20(29-2)12-16-4-3-9-30-14-16)22(19(13-26)24(28)34-15)17-5-7-18(8-6-17)32-11-10-31-25(32)23(27)33;2*1-2/h3-11,14,22H,12,28H2,1-2H3,(H2,27,33);1-2H3;2H2,1H3. The Balaban J connectivity index is 0.00000121. The van der Waals surface area contributed by atoms with E-state index in [1.165, 1.54) is 13.2 Å². The molecule has 0 fully saturated rings. The summed E-state index contributed by atoms with van der Waals surface area (Å²) in [6, 6.07) is 13.5. The zero-order chi connectivity index (χ0) is 28.2. The number of ether oxygens (including phenoxy) is 1. The molecule has 0 aliphatic carbocycles. The molecule has 10 heteroatoms. The van der Waals surface area contributed by atoms with Gasteiger partial charge in [0.25, 0.3) is 5.91 Å². The fourth-order valence-corrected chi connectivity index (χ4v) is 4.10. The number of nitrogens with two attached hydrogens (primary N) is 3. The van der Waals surface area contributed by atoms with E-state index in [0.29, 0.717) is 23.4 Å². The van der Waals surface area contributed by atoms with Crippen molar-refractivity contribution in [2.75, 3.05) is 14.1 Å². The lowest BCUT2D eigenvalue weighted by Crippen LogP contribution is -2.25. The van der Waals surface area contributed by atoms with Gasteiger partial charge in [0, 0.05) is 55.2 Å². The Morgan fingerprint density at radius 1 is 1.18 bits per heavy atom. The van der Waals surface area contributed by atoms with E-state index in [9.17, 15) is 10.1 Å². The number of imidazole rings is 1. The maximum absolute atomic E-state index is 11.7.